The van der Waals surface area contributed by atoms with Crippen molar-refractivity contribution in [2.75, 3.05) is 12.0 Å². The van der Waals surface area contributed by atoms with Crippen LogP contribution in [0.15, 0.2) is 84.9 Å². The molecular formula is C36H41NO3. The van der Waals surface area contributed by atoms with Gasteiger partial charge in [0.2, 0.25) is 0 Å². The van der Waals surface area contributed by atoms with Crippen LogP contribution in [0.5, 0.6) is 11.5 Å². The van der Waals surface area contributed by atoms with Crippen LogP contribution in [0.3, 0.4) is 0 Å². The van der Waals surface area contributed by atoms with Gasteiger partial charge in [0, 0.05) is 22.5 Å². The molecule has 0 saturated heterocycles. The van der Waals surface area contributed by atoms with Gasteiger partial charge in [-0.2, -0.15) is 0 Å². The van der Waals surface area contributed by atoms with Gasteiger partial charge in [0.25, 0.3) is 0 Å². The number of anilines is 3. The molecule has 4 aromatic rings. The molecule has 0 N–H and O–H groups in total. The Morgan fingerprint density at radius 2 is 1.12 bits per heavy atom. The maximum absolute atomic E-state index is 14.1. The van der Waals surface area contributed by atoms with Gasteiger partial charge in [0.05, 0.1) is 18.4 Å². The number of hydrogen-bond acceptors (Lipinski definition) is 4. The predicted molar refractivity (Wildman–Crippen MR) is 166 cm³/mol. The molecule has 4 heteroatoms. The highest BCUT2D eigenvalue weighted by Gasteiger charge is 2.31. The van der Waals surface area contributed by atoms with Gasteiger partial charge in [-0.1, -0.05) is 89.1 Å². The van der Waals surface area contributed by atoms with Crippen molar-refractivity contribution in [1.82, 2.24) is 0 Å². The third kappa shape index (κ3) is 6.22. The Kier molecular flexibility index (Phi) is 8.11. The van der Waals surface area contributed by atoms with Crippen molar-refractivity contribution >= 4 is 23.0 Å². The Balaban J connectivity index is 1.88. The van der Waals surface area contributed by atoms with Gasteiger partial charge >= 0.3 is 5.97 Å². The van der Waals surface area contributed by atoms with Gasteiger partial charge in [-0.05, 0) is 73.2 Å². The Labute approximate surface area is 239 Å². The number of rotatable bonds is 6. The van der Waals surface area contributed by atoms with E-state index in [4.69, 9.17) is 9.47 Å². The molecule has 0 aliphatic carbocycles. The van der Waals surface area contributed by atoms with Crippen LogP contribution in [-0.2, 0) is 10.8 Å². The molecule has 4 aromatic carbocycles. The zero-order chi connectivity index (χ0) is 29.2. The lowest BCUT2D eigenvalue weighted by Crippen LogP contribution is -2.23. The molecule has 208 valence electrons. The molecule has 0 aliphatic heterocycles. The Bertz CT molecular complexity index is 1410. The van der Waals surface area contributed by atoms with E-state index in [1.807, 2.05) is 36.4 Å². The van der Waals surface area contributed by atoms with Gasteiger partial charge in [-0.25, -0.2) is 4.79 Å². The van der Waals surface area contributed by atoms with Gasteiger partial charge in [0.15, 0.2) is 0 Å². The van der Waals surface area contributed by atoms with Gasteiger partial charge in [0.1, 0.15) is 11.5 Å². The molecule has 0 fully saturated rings. The molecular weight excluding hydrogens is 494 g/mol. The fourth-order valence-corrected chi connectivity index (χ4v) is 4.75. The largest absolute Gasteiger partial charge is 0.497 e. The number of hydrogen-bond donors (Lipinski definition) is 0. The van der Waals surface area contributed by atoms with Gasteiger partial charge in [-0.15, -0.1) is 0 Å². The van der Waals surface area contributed by atoms with Crippen molar-refractivity contribution in [3.8, 4) is 11.5 Å². The normalized spacial score (nSPS) is 11.7. The lowest BCUT2D eigenvalue weighted by Gasteiger charge is -2.30. The number of para-hydroxylation sites is 1. The topological polar surface area (TPSA) is 38.8 Å². The highest BCUT2D eigenvalue weighted by atomic mass is 16.5. The van der Waals surface area contributed by atoms with Crippen molar-refractivity contribution in [2.45, 2.75) is 66.2 Å². The summed E-state index contributed by atoms with van der Waals surface area (Å²) in [7, 11) is 1.67. The highest BCUT2D eigenvalue weighted by molar-refractivity contribution is 6.00. The second kappa shape index (κ2) is 11.2. The van der Waals surface area contributed by atoms with Crippen LogP contribution in [0, 0.1) is 13.8 Å². The monoisotopic (exact) mass is 535 g/mol. The number of ether oxygens (including phenoxy) is 2. The van der Waals surface area contributed by atoms with Crippen LogP contribution in [-0.4, -0.2) is 13.1 Å². The first-order valence-corrected chi connectivity index (χ1v) is 13.8. The van der Waals surface area contributed by atoms with Crippen molar-refractivity contribution < 1.29 is 14.3 Å². The number of carbonyl (C=O) groups is 1. The molecule has 0 atom stereocenters. The number of esters is 1. The van der Waals surface area contributed by atoms with E-state index in [1.165, 1.54) is 11.1 Å². The molecule has 40 heavy (non-hydrogen) atoms. The zero-order valence-corrected chi connectivity index (χ0v) is 25.3. The number of carbonyl (C=O) groups excluding carboxylic acids is 1. The van der Waals surface area contributed by atoms with E-state index < -0.39 is 5.97 Å². The van der Waals surface area contributed by atoms with Gasteiger partial charge < -0.3 is 14.4 Å². The van der Waals surface area contributed by atoms with E-state index in [2.05, 4.69) is 109 Å². The third-order valence-corrected chi connectivity index (χ3v) is 7.06. The summed E-state index contributed by atoms with van der Waals surface area (Å²) in [6, 6.07) is 28.3. The van der Waals surface area contributed by atoms with Crippen LogP contribution in [0.4, 0.5) is 17.1 Å². The molecule has 0 heterocycles. The van der Waals surface area contributed by atoms with E-state index in [1.54, 1.807) is 7.11 Å². The molecule has 0 aromatic heterocycles. The smallest absolute Gasteiger partial charge is 0.345 e. The van der Waals surface area contributed by atoms with Crippen LogP contribution in [0.25, 0.3) is 0 Å². The molecule has 0 amide bonds. The lowest BCUT2D eigenvalue weighted by atomic mass is 9.79. The standard InChI is InChI=1S/C36H41NO3/c1-24-14-18-26(19-15-24)37(27-20-16-25(2)17-21-27)32-13-11-10-12-29(32)34(38)40-33-30(35(3,4)5)22-28(39-9)23-31(33)36(6,7)8/h10-23H,1-9H3. The summed E-state index contributed by atoms with van der Waals surface area (Å²) in [5.74, 6) is 0.943. The molecule has 0 spiro atoms. The summed E-state index contributed by atoms with van der Waals surface area (Å²) in [5, 5.41) is 0. The third-order valence-electron chi connectivity index (χ3n) is 7.06. The fourth-order valence-electron chi connectivity index (χ4n) is 4.75. The van der Waals surface area contributed by atoms with E-state index in [9.17, 15) is 4.79 Å². The molecule has 0 saturated carbocycles. The molecule has 0 radical (unpaired) electrons. The van der Waals surface area contributed by atoms with Crippen LogP contribution < -0.4 is 14.4 Å². The number of nitrogens with zero attached hydrogens (tertiary/aromatic N) is 1. The quantitative estimate of drug-likeness (QED) is 0.182. The van der Waals surface area contributed by atoms with E-state index in [0.717, 1.165) is 33.9 Å². The Morgan fingerprint density at radius 1 is 0.675 bits per heavy atom. The number of methoxy groups -OCH3 is 1. The predicted octanol–water partition coefficient (Wildman–Crippen LogP) is 9.60. The van der Waals surface area contributed by atoms with Crippen LogP contribution >= 0.6 is 0 Å². The van der Waals surface area contributed by atoms with Crippen LogP contribution in [0.2, 0.25) is 0 Å². The SMILES string of the molecule is COc1cc(C(C)(C)C)c(OC(=O)c2ccccc2N(c2ccc(C)cc2)c2ccc(C)cc2)c(C(C)(C)C)c1. The van der Waals surface area contributed by atoms with Crippen molar-refractivity contribution in [3.63, 3.8) is 0 Å². The summed E-state index contributed by atoms with van der Waals surface area (Å²) in [5.41, 5.74) is 6.80. The summed E-state index contributed by atoms with van der Waals surface area (Å²) in [4.78, 5) is 16.3. The second-order valence-corrected chi connectivity index (χ2v) is 12.5. The number of aryl methyl sites for hydroxylation is 2. The first-order chi connectivity index (χ1) is 18.8. The van der Waals surface area contributed by atoms with Crippen molar-refractivity contribution in [3.05, 3.63) is 113 Å². The minimum absolute atomic E-state index is 0.278. The maximum atomic E-state index is 14.1. The first kappa shape index (κ1) is 28.9. The summed E-state index contributed by atoms with van der Waals surface area (Å²) in [6.07, 6.45) is 0. The zero-order valence-electron chi connectivity index (χ0n) is 25.3. The summed E-state index contributed by atoms with van der Waals surface area (Å²) in [6.45, 7) is 16.9. The van der Waals surface area contributed by atoms with Crippen LogP contribution in [0.1, 0.15) is 74.2 Å². The molecule has 0 bridgehead atoms. The molecule has 0 aliphatic rings. The molecule has 4 nitrogen and oxygen atoms in total. The van der Waals surface area contributed by atoms with E-state index >= 15 is 0 Å². The lowest BCUT2D eigenvalue weighted by molar-refractivity contribution is 0.0729. The average molecular weight is 536 g/mol. The maximum Gasteiger partial charge on any atom is 0.345 e. The van der Waals surface area contributed by atoms with E-state index in [-0.39, 0.29) is 10.8 Å². The minimum atomic E-state index is -0.402. The molecule has 0 unspecified atom stereocenters. The summed E-state index contributed by atoms with van der Waals surface area (Å²) >= 11 is 0. The van der Waals surface area contributed by atoms with E-state index in [0.29, 0.717) is 11.3 Å². The minimum Gasteiger partial charge on any atom is -0.497 e. The van der Waals surface area contributed by atoms with Crippen molar-refractivity contribution in [1.29, 1.82) is 0 Å². The Hall–Kier alpha value is -4.05. The highest BCUT2D eigenvalue weighted by Crippen LogP contribution is 2.44. The van der Waals surface area contributed by atoms with Gasteiger partial charge in [-0.3, -0.25) is 0 Å². The summed E-state index contributed by atoms with van der Waals surface area (Å²) < 4.78 is 12.0. The average Bonchev–Trinajstić information content (AvgIpc) is 2.90. The van der Waals surface area contributed by atoms with Crippen molar-refractivity contribution in [2.24, 2.45) is 0 Å². The fraction of sp³-hybridized carbons (Fsp3) is 0.306. The number of benzene rings is 4. The molecule has 4 rings (SSSR count). The first-order valence-electron chi connectivity index (χ1n) is 13.8. The Morgan fingerprint density at radius 3 is 1.55 bits per heavy atom. The second-order valence-electron chi connectivity index (χ2n) is 12.5.